The van der Waals surface area contributed by atoms with Gasteiger partial charge in [0.15, 0.2) is 5.78 Å². The standard InChI is InChI=1S/C38H51NO7/c1-5-45-36(42)39(24-31-9-7-21-46-31)25-38(43)20-18-34-32-17-11-27(22-29(40)14-10-26(2)8-6-19-37(34,38)3)23-33(32)35(41)28-12-15-30(44-4)16-13-28/h8,11-13,15-17,23,29,31,34,40,43H,5-7,9-10,14,18-22,24-25H2,1-4H3. The fourth-order valence-electron chi connectivity index (χ4n) is 7.86. The highest BCUT2D eigenvalue weighted by atomic mass is 16.6. The van der Waals surface area contributed by atoms with Crippen LogP contribution in [0.2, 0.25) is 0 Å². The molecule has 2 fully saturated rings. The van der Waals surface area contributed by atoms with Crippen molar-refractivity contribution in [3.63, 3.8) is 0 Å². The van der Waals surface area contributed by atoms with Crippen molar-refractivity contribution >= 4 is 11.9 Å². The summed E-state index contributed by atoms with van der Waals surface area (Å²) < 4.78 is 16.7. The molecule has 8 heteroatoms. The maximum atomic E-state index is 14.2. The highest BCUT2D eigenvalue weighted by molar-refractivity contribution is 6.10. The number of benzene rings is 2. The molecule has 0 radical (unpaired) electrons. The molecule has 1 amide bonds. The summed E-state index contributed by atoms with van der Waals surface area (Å²) in [6.45, 7) is 7.46. The Morgan fingerprint density at radius 1 is 1.09 bits per heavy atom. The number of ether oxygens (including phenoxy) is 3. The molecular weight excluding hydrogens is 582 g/mol. The van der Waals surface area contributed by atoms with Gasteiger partial charge in [0.25, 0.3) is 0 Å². The molecule has 2 aromatic rings. The van der Waals surface area contributed by atoms with E-state index in [1.165, 1.54) is 5.57 Å². The molecule has 46 heavy (non-hydrogen) atoms. The Balaban J connectivity index is 1.57. The number of hydrogen-bond acceptors (Lipinski definition) is 7. The Morgan fingerprint density at radius 2 is 1.87 bits per heavy atom. The molecule has 8 nitrogen and oxygen atoms in total. The van der Waals surface area contributed by atoms with Gasteiger partial charge in [0.1, 0.15) is 5.75 Å². The smallest absolute Gasteiger partial charge is 0.409 e. The Bertz CT molecular complexity index is 1400. The number of methoxy groups -OCH3 is 1. The summed E-state index contributed by atoms with van der Waals surface area (Å²) in [4.78, 5) is 29.2. The van der Waals surface area contributed by atoms with E-state index in [4.69, 9.17) is 14.2 Å². The lowest BCUT2D eigenvalue weighted by Crippen LogP contribution is -2.55. The van der Waals surface area contributed by atoms with Crippen molar-refractivity contribution in [3.05, 3.63) is 76.4 Å². The van der Waals surface area contributed by atoms with Crippen molar-refractivity contribution < 1.29 is 34.0 Å². The molecule has 2 N–H and O–H groups in total. The highest BCUT2D eigenvalue weighted by Crippen LogP contribution is 2.59. The summed E-state index contributed by atoms with van der Waals surface area (Å²) in [5.41, 5.74) is 2.29. The minimum atomic E-state index is -1.23. The number of ketones is 1. The lowest BCUT2D eigenvalue weighted by atomic mass is 9.64. The van der Waals surface area contributed by atoms with Crippen molar-refractivity contribution in [1.82, 2.24) is 4.90 Å². The number of carbonyl (C=O) groups is 2. The Morgan fingerprint density at radius 3 is 2.57 bits per heavy atom. The van der Waals surface area contributed by atoms with Gasteiger partial charge in [-0.15, -0.1) is 0 Å². The number of hydrogen-bond donors (Lipinski definition) is 2. The van der Waals surface area contributed by atoms with E-state index in [0.29, 0.717) is 62.1 Å². The third-order valence-corrected chi connectivity index (χ3v) is 10.7. The van der Waals surface area contributed by atoms with E-state index >= 15 is 0 Å². The zero-order valence-electron chi connectivity index (χ0n) is 27.9. The third-order valence-electron chi connectivity index (χ3n) is 10.7. The molecular formula is C38H51NO7. The lowest BCUT2D eigenvalue weighted by Gasteiger charge is -2.46. The van der Waals surface area contributed by atoms with Crippen molar-refractivity contribution in [3.8, 4) is 5.75 Å². The molecule has 0 spiro atoms. The van der Waals surface area contributed by atoms with Crippen LogP contribution in [0.25, 0.3) is 0 Å². The van der Waals surface area contributed by atoms with E-state index in [0.717, 1.165) is 36.8 Å². The average Bonchev–Trinajstić information content (AvgIpc) is 3.65. The van der Waals surface area contributed by atoms with Gasteiger partial charge < -0.3 is 29.3 Å². The van der Waals surface area contributed by atoms with Crippen LogP contribution in [0.5, 0.6) is 5.75 Å². The topological polar surface area (TPSA) is 106 Å². The number of fused-ring (bicyclic) bond motifs is 8. The largest absolute Gasteiger partial charge is 0.497 e. The third kappa shape index (κ3) is 7.35. The Labute approximate surface area is 273 Å². The van der Waals surface area contributed by atoms with Crippen molar-refractivity contribution in [2.24, 2.45) is 5.41 Å². The first-order chi connectivity index (χ1) is 22.1. The predicted octanol–water partition coefficient (Wildman–Crippen LogP) is 6.60. The second kappa shape index (κ2) is 14.7. The van der Waals surface area contributed by atoms with Crippen molar-refractivity contribution in [2.75, 3.05) is 33.4 Å². The number of nitrogens with zero attached hydrogens (tertiary/aromatic N) is 1. The number of rotatable bonds is 8. The maximum absolute atomic E-state index is 14.2. The van der Waals surface area contributed by atoms with Crippen LogP contribution in [0.4, 0.5) is 4.79 Å². The first-order valence-corrected chi connectivity index (χ1v) is 17.0. The number of allylic oxidation sites excluding steroid dienone is 2. The molecule has 3 aliphatic carbocycles. The zero-order valence-corrected chi connectivity index (χ0v) is 27.9. The van der Waals surface area contributed by atoms with E-state index in [1.54, 1.807) is 43.2 Å². The second-order valence-electron chi connectivity index (χ2n) is 13.7. The molecule has 1 saturated carbocycles. The first-order valence-electron chi connectivity index (χ1n) is 17.0. The molecule has 6 rings (SSSR count). The minimum absolute atomic E-state index is 0.0794. The summed E-state index contributed by atoms with van der Waals surface area (Å²) >= 11 is 0. The van der Waals surface area contributed by atoms with Gasteiger partial charge in [-0.3, -0.25) is 4.79 Å². The number of amides is 1. The van der Waals surface area contributed by atoms with Crippen LogP contribution in [0.15, 0.2) is 54.1 Å². The highest BCUT2D eigenvalue weighted by Gasteiger charge is 2.58. The molecule has 1 heterocycles. The maximum Gasteiger partial charge on any atom is 0.409 e. The van der Waals surface area contributed by atoms with Crippen LogP contribution in [-0.4, -0.2) is 78.2 Å². The van der Waals surface area contributed by atoms with E-state index in [9.17, 15) is 19.8 Å². The molecule has 1 saturated heterocycles. The zero-order chi connectivity index (χ0) is 32.9. The van der Waals surface area contributed by atoms with Crippen molar-refractivity contribution in [2.45, 2.75) is 102 Å². The van der Waals surface area contributed by atoms with Crippen molar-refractivity contribution in [1.29, 1.82) is 0 Å². The van der Waals surface area contributed by atoms with Crippen LogP contribution < -0.4 is 4.74 Å². The molecule has 1 aliphatic heterocycles. The van der Waals surface area contributed by atoms with Crippen LogP contribution in [0.1, 0.15) is 105 Å². The van der Waals surface area contributed by atoms with Gasteiger partial charge in [-0.05, 0) is 119 Å². The van der Waals surface area contributed by atoms with Crippen LogP contribution in [0, 0.1) is 5.41 Å². The summed E-state index contributed by atoms with van der Waals surface area (Å²) in [6, 6.07) is 13.2. The Hall–Kier alpha value is -3.20. The summed E-state index contributed by atoms with van der Waals surface area (Å²) in [5.74, 6) is 0.437. The minimum Gasteiger partial charge on any atom is -0.497 e. The molecule has 4 aliphatic rings. The van der Waals surface area contributed by atoms with Gasteiger partial charge in [0, 0.05) is 23.1 Å². The summed E-state index contributed by atoms with van der Waals surface area (Å²) in [6.07, 6.45) is 7.44. The van der Waals surface area contributed by atoms with Gasteiger partial charge >= 0.3 is 6.09 Å². The van der Waals surface area contributed by atoms with E-state index < -0.39 is 23.2 Å². The van der Waals surface area contributed by atoms with Gasteiger partial charge in [0.2, 0.25) is 0 Å². The summed E-state index contributed by atoms with van der Waals surface area (Å²) in [7, 11) is 1.60. The van der Waals surface area contributed by atoms with Gasteiger partial charge in [-0.1, -0.05) is 30.7 Å². The fourth-order valence-corrected chi connectivity index (χ4v) is 7.86. The van der Waals surface area contributed by atoms with Gasteiger partial charge in [-0.2, -0.15) is 0 Å². The van der Waals surface area contributed by atoms with Crippen LogP contribution in [-0.2, 0) is 15.9 Å². The molecule has 2 bridgehead atoms. The number of aliphatic hydroxyl groups is 2. The normalized spacial score (nSPS) is 28.2. The quantitative estimate of drug-likeness (QED) is 0.249. The van der Waals surface area contributed by atoms with Gasteiger partial charge in [-0.25, -0.2) is 4.79 Å². The first kappa shape index (κ1) is 34.1. The monoisotopic (exact) mass is 633 g/mol. The molecule has 250 valence electrons. The molecule has 0 aromatic heterocycles. The predicted molar refractivity (Wildman–Crippen MR) is 177 cm³/mol. The summed E-state index contributed by atoms with van der Waals surface area (Å²) in [5, 5.41) is 23.6. The fraction of sp³-hybridized carbons (Fsp3) is 0.579. The van der Waals surface area contributed by atoms with Crippen LogP contribution >= 0.6 is 0 Å². The molecule has 5 unspecified atom stereocenters. The second-order valence-corrected chi connectivity index (χ2v) is 13.7. The molecule has 5 atom stereocenters. The number of carbonyl (C=O) groups excluding carboxylic acids is 2. The van der Waals surface area contributed by atoms with E-state index in [1.807, 2.05) is 18.2 Å². The van der Waals surface area contributed by atoms with Crippen LogP contribution in [0.3, 0.4) is 0 Å². The number of aliphatic hydroxyl groups excluding tert-OH is 1. The Kier molecular flexibility index (Phi) is 10.9. The lowest BCUT2D eigenvalue weighted by molar-refractivity contribution is -0.0851. The van der Waals surface area contributed by atoms with E-state index in [-0.39, 0.29) is 31.0 Å². The average molecular weight is 634 g/mol. The SMILES string of the molecule is CCOC(=O)N(CC1CCCO1)CC1(O)CCC2c3ccc(cc3C(=O)c3ccc(OC)cc3)CC(O)CCC(C)=CCCC21C. The van der Waals surface area contributed by atoms with E-state index in [2.05, 4.69) is 19.9 Å². The molecule has 2 aromatic carbocycles. The van der Waals surface area contributed by atoms with Gasteiger partial charge in [0.05, 0.1) is 44.6 Å².